The van der Waals surface area contributed by atoms with Gasteiger partial charge in [0.25, 0.3) is 0 Å². The number of hydrogen-bond donors (Lipinski definition) is 1. The molecule has 1 amide bonds. The second-order valence-electron chi connectivity index (χ2n) is 10.8. The number of likely N-dealkylation sites (tertiary alicyclic amines) is 2. The standard InChI is InChI=1S/C27H32F3N5O3/c1-18-4-5-19(2)35(18)23-16-21(27(28,29)30)7-6-20(23)17-33-12-3-9-26(33)10-14-32(15-11-26)25(38)34-13-8-22(31-34)24(36)37/h6-7,16,18-19H,3-5,9-12,14-15,17H2,1-2H3,(H,36,37)/t18-,19+. The van der Waals surface area contributed by atoms with E-state index in [1.807, 2.05) is 0 Å². The molecule has 4 heterocycles. The third-order valence-electron chi connectivity index (χ3n) is 8.57. The Hall–Kier alpha value is -3.26. The smallest absolute Gasteiger partial charge is 0.416 e. The Morgan fingerprint density at radius 2 is 1.79 bits per heavy atom. The third kappa shape index (κ3) is 4.82. The monoisotopic (exact) mass is 531 g/mol. The molecule has 0 aliphatic carbocycles. The lowest BCUT2D eigenvalue weighted by Gasteiger charge is -2.45. The SMILES string of the molecule is C[C@@H]1CC[C@H](C)N1c1cc(C(F)(F)F)ccc1CN1CCCC12CCN(C(=O)n1c#cc(C(=O)O)n1)CC2. The predicted octanol–water partition coefficient (Wildman–Crippen LogP) is 4.68. The van der Waals surface area contributed by atoms with E-state index in [-0.39, 0.29) is 23.3 Å². The van der Waals surface area contributed by atoms with Crippen LogP contribution in [-0.2, 0) is 12.7 Å². The molecule has 11 heteroatoms. The molecule has 3 saturated heterocycles. The number of carbonyl (C=O) groups excluding carboxylic acids is 1. The van der Waals surface area contributed by atoms with Crippen LogP contribution in [0.15, 0.2) is 18.2 Å². The fourth-order valence-corrected chi connectivity index (χ4v) is 6.49. The number of halogens is 3. The van der Waals surface area contributed by atoms with Gasteiger partial charge in [-0.05, 0) is 82.7 Å². The number of rotatable bonds is 4. The summed E-state index contributed by atoms with van der Waals surface area (Å²) in [5, 5.41) is 12.8. The number of anilines is 1. The fourth-order valence-electron chi connectivity index (χ4n) is 6.49. The Labute approximate surface area is 220 Å². The van der Waals surface area contributed by atoms with Crippen molar-refractivity contribution < 1.29 is 27.9 Å². The molecule has 5 rings (SSSR count). The fraction of sp³-hybridized carbons (Fsp3) is 0.593. The van der Waals surface area contributed by atoms with Crippen molar-refractivity contribution in [2.75, 3.05) is 24.5 Å². The molecule has 0 bridgehead atoms. The Balaban J connectivity index is 1.34. The molecule has 0 radical (unpaired) electrons. The van der Waals surface area contributed by atoms with Crippen molar-refractivity contribution in [3.8, 4) is 0 Å². The zero-order valence-corrected chi connectivity index (χ0v) is 21.6. The van der Waals surface area contributed by atoms with E-state index in [1.165, 1.54) is 12.1 Å². The summed E-state index contributed by atoms with van der Waals surface area (Å²) in [5.74, 6) is -1.27. The molecule has 1 spiro atoms. The van der Waals surface area contributed by atoms with Gasteiger partial charge in [-0.15, -0.1) is 9.78 Å². The molecule has 0 unspecified atom stereocenters. The molecule has 38 heavy (non-hydrogen) atoms. The maximum atomic E-state index is 13.6. The molecule has 3 aliphatic rings. The van der Waals surface area contributed by atoms with Crippen LogP contribution in [0.3, 0.4) is 0 Å². The van der Waals surface area contributed by atoms with Crippen LogP contribution in [0.4, 0.5) is 23.7 Å². The lowest BCUT2D eigenvalue weighted by Crippen LogP contribution is -2.53. The van der Waals surface area contributed by atoms with Crippen LogP contribution in [0, 0.1) is 12.3 Å². The van der Waals surface area contributed by atoms with Gasteiger partial charge in [-0.3, -0.25) is 4.90 Å². The van der Waals surface area contributed by atoms with Crippen molar-refractivity contribution in [2.45, 2.75) is 82.7 Å². The van der Waals surface area contributed by atoms with Crippen molar-refractivity contribution in [2.24, 2.45) is 0 Å². The number of carbonyl (C=O) groups is 2. The number of nitrogens with zero attached hydrogens (tertiary/aromatic N) is 5. The molecule has 1 aromatic heterocycles. The quantitative estimate of drug-likeness (QED) is 0.617. The van der Waals surface area contributed by atoms with Crippen LogP contribution in [0.25, 0.3) is 0 Å². The Morgan fingerprint density at radius 3 is 2.39 bits per heavy atom. The minimum atomic E-state index is -4.40. The van der Waals surface area contributed by atoms with Gasteiger partial charge in [0.1, 0.15) is 0 Å². The van der Waals surface area contributed by atoms with Gasteiger partial charge in [-0.25, -0.2) is 9.59 Å². The lowest BCUT2D eigenvalue weighted by atomic mass is 9.84. The maximum Gasteiger partial charge on any atom is 0.416 e. The summed E-state index contributed by atoms with van der Waals surface area (Å²) >= 11 is 0. The number of aromatic nitrogens is 2. The number of alkyl halides is 3. The van der Waals surface area contributed by atoms with Gasteiger partial charge in [0.15, 0.2) is 0 Å². The van der Waals surface area contributed by atoms with E-state index in [0.29, 0.717) is 25.3 Å². The Morgan fingerprint density at radius 1 is 1.11 bits per heavy atom. The lowest BCUT2D eigenvalue weighted by molar-refractivity contribution is -0.137. The van der Waals surface area contributed by atoms with Gasteiger partial charge in [0.2, 0.25) is 5.69 Å². The van der Waals surface area contributed by atoms with E-state index in [1.54, 1.807) is 11.0 Å². The Bertz CT molecular complexity index is 1190. The van der Waals surface area contributed by atoms with Crippen LogP contribution in [0.5, 0.6) is 0 Å². The van der Waals surface area contributed by atoms with E-state index in [2.05, 4.69) is 41.0 Å². The number of carboxylic acid groups (broad SMARTS) is 1. The highest BCUT2D eigenvalue weighted by atomic mass is 19.4. The molecule has 3 fully saturated rings. The summed E-state index contributed by atoms with van der Waals surface area (Å²) < 4.78 is 41.8. The van der Waals surface area contributed by atoms with Crippen LogP contribution >= 0.6 is 0 Å². The zero-order valence-electron chi connectivity index (χ0n) is 21.6. The third-order valence-corrected chi connectivity index (χ3v) is 8.57. The largest absolute Gasteiger partial charge is 0.476 e. The molecule has 0 saturated carbocycles. The van der Waals surface area contributed by atoms with Gasteiger partial charge in [-0.1, -0.05) is 6.07 Å². The van der Waals surface area contributed by atoms with Crippen molar-refractivity contribution in [3.05, 3.63) is 47.3 Å². The minimum absolute atomic E-state index is 0.134. The van der Waals surface area contributed by atoms with Crippen molar-refractivity contribution in [1.82, 2.24) is 19.6 Å². The number of carboxylic acids is 1. The Kier molecular flexibility index (Phi) is 6.80. The van der Waals surface area contributed by atoms with Crippen molar-refractivity contribution in [3.63, 3.8) is 0 Å². The summed E-state index contributed by atoms with van der Waals surface area (Å²) in [5.41, 5.74) is 0.463. The molecular weight excluding hydrogens is 499 g/mol. The predicted molar refractivity (Wildman–Crippen MR) is 133 cm³/mol. The molecule has 204 valence electrons. The van der Waals surface area contributed by atoms with E-state index in [9.17, 15) is 22.8 Å². The maximum absolute atomic E-state index is 13.6. The average Bonchev–Trinajstić information content (AvgIpc) is 3.59. The zero-order chi connectivity index (χ0) is 27.2. The first-order valence-corrected chi connectivity index (χ1v) is 13.1. The molecule has 1 N–H and O–H groups in total. The van der Waals surface area contributed by atoms with E-state index >= 15 is 0 Å². The number of hydrogen-bond acceptors (Lipinski definition) is 5. The van der Waals surface area contributed by atoms with E-state index in [0.717, 1.165) is 55.3 Å². The van der Waals surface area contributed by atoms with Crippen LogP contribution in [0.1, 0.15) is 74.0 Å². The number of aromatic carboxylic acids is 1. The highest BCUT2D eigenvalue weighted by Gasteiger charge is 2.44. The van der Waals surface area contributed by atoms with Gasteiger partial charge < -0.3 is 14.9 Å². The van der Waals surface area contributed by atoms with Gasteiger partial charge >= 0.3 is 18.2 Å². The molecule has 3 aliphatic heterocycles. The first-order chi connectivity index (χ1) is 18.0. The molecule has 8 nitrogen and oxygen atoms in total. The second-order valence-corrected chi connectivity index (χ2v) is 10.8. The summed E-state index contributed by atoms with van der Waals surface area (Å²) in [6, 6.07) is 6.42. The number of benzene rings is 1. The summed E-state index contributed by atoms with van der Waals surface area (Å²) in [7, 11) is 0. The van der Waals surface area contributed by atoms with E-state index in [4.69, 9.17) is 5.11 Å². The van der Waals surface area contributed by atoms with E-state index < -0.39 is 23.7 Å². The number of piperidine rings is 1. The molecule has 1 aromatic carbocycles. The summed E-state index contributed by atoms with van der Waals surface area (Å²) in [6.45, 7) is 6.51. The number of amides is 1. The second kappa shape index (κ2) is 9.80. The van der Waals surface area contributed by atoms with Crippen molar-refractivity contribution >= 4 is 17.7 Å². The van der Waals surface area contributed by atoms with Crippen LogP contribution in [-0.4, -0.2) is 73.9 Å². The normalized spacial score (nSPS) is 23.7. The highest BCUT2D eigenvalue weighted by Crippen LogP contribution is 2.43. The van der Waals surface area contributed by atoms with Crippen LogP contribution in [0.2, 0.25) is 0 Å². The minimum Gasteiger partial charge on any atom is -0.476 e. The van der Waals surface area contributed by atoms with Gasteiger partial charge in [-0.2, -0.15) is 13.2 Å². The topological polar surface area (TPSA) is 81.9 Å². The summed E-state index contributed by atoms with van der Waals surface area (Å²) in [6.07, 6.45) is 3.36. The molecular formula is C27H32F3N5O3. The van der Waals surface area contributed by atoms with Crippen LogP contribution < -0.4 is 4.90 Å². The first-order valence-electron chi connectivity index (χ1n) is 13.1. The first kappa shape index (κ1) is 26.4. The highest BCUT2D eigenvalue weighted by molar-refractivity contribution is 5.85. The summed E-state index contributed by atoms with van der Waals surface area (Å²) in [4.78, 5) is 30.1. The van der Waals surface area contributed by atoms with Gasteiger partial charge in [0.05, 0.1) is 5.56 Å². The van der Waals surface area contributed by atoms with Gasteiger partial charge in [0, 0.05) is 49.1 Å². The molecule has 2 atom stereocenters. The average molecular weight is 532 g/mol. The molecule has 2 aromatic rings. The van der Waals surface area contributed by atoms with Crippen molar-refractivity contribution in [1.29, 1.82) is 0 Å².